The minimum Gasteiger partial charge on any atom is -0.482 e. The van der Waals surface area contributed by atoms with Gasteiger partial charge in [0.15, 0.2) is 6.61 Å². The third-order valence-electron chi connectivity index (χ3n) is 1.85. The molecule has 1 rings (SSSR count). The maximum atomic E-state index is 11.1. The van der Waals surface area contributed by atoms with Gasteiger partial charge in [0.05, 0.1) is 6.42 Å². The van der Waals surface area contributed by atoms with E-state index in [1.54, 1.807) is 24.3 Å². The Balaban J connectivity index is 2.23. The maximum absolute atomic E-state index is 11.1. The molecule has 6 heteroatoms. The number of primary amides is 1. The summed E-state index contributed by atoms with van der Waals surface area (Å²) >= 11 is 0. The molecule has 1 aromatic rings. The minimum absolute atomic E-state index is 0.00755. The molecule has 0 spiro atoms. The molecular formula is C11H14N2O4. The van der Waals surface area contributed by atoms with Crippen molar-refractivity contribution in [2.24, 2.45) is 5.73 Å². The molecule has 4 N–H and O–H groups in total. The van der Waals surface area contributed by atoms with E-state index in [1.807, 2.05) is 0 Å². The third-order valence-corrected chi connectivity index (χ3v) is 1.85. The summed E-state index contributed by atoms with van der Waals surface area (Å²) in [5, 5.41) is 0. The highest BCUT2D eigenvalue weighted by atomic mass is 16.6. The van der Waals surface area contributed by atoms with Crippen LogP contribution in [0.15, 0.2) is 24.3 Å². The molecule has 92 valence electrons. The van der Waals surface area contributed by atoms with Gasteiger partial charge in [-0.3, -0.25) is 4.79 Å². The Bertz CT molecular complexity index is 389. The van der Waals surface area contributed by atoms with Crippen molar-refractivity contribution in [3.05, 3.63) is 24.3 Å². The summed E-state index contributed by atoms with van der Waals surface area (Å²) in [6, 6.07) is 6.61. The zero-order chi connectivity index (χ0) is 12.7. The van der Waals surface area contributed by atoms with Gasteiger partial charge in [-0.25, -0.2) is 4.79 Å². The van der Waals surface area contributed by atoms with Crippen molar-refractivity contribution in [3.63, 3.8) is 0 Å². The van der Waals surface area contributed by atoms with Crippen molar-refractivity contribution in [2.75, 3.05) is 18.9 Å². The van der Waals surface area contributed by atoms with E-state index in [2.05, 4.69) is 0 Å². The molecule has 0 aliphatic heterocycles. The second-order valence-electron chi connectivity index (χ2n) is 3.29. The molecular weight excluding hydrogens is 224 g/mol. The van der Waals surface area contributed by atoms with Gasteiger partial charge in [-0.1, -0.05) is 0 Å². The number of benzene rings is 1. The van der Waals surface area contributed by atoms with Crippen molar-refractivity contribution in [2.45, 2.75) is 6.42 Å². The average Bonchev–Trinajstić information content (AvgIpc) is 2.28. The topological polar surface area (TPSA) is 105 Å². The van der Waals surface area contributed by atoms with Crippen LogP contribution in [0.5, 0.6) is 5.75 Å². The summed E-state index contributed by atoms with van der Waals surface area (Å²) in [7, 11) is 0. The van der Waals surface area contributed by atoms with Crippen LogP contribution < -0.4 is 16.2 Å². The number of carbonyl (C=O) groups excluding carboxylic acids is 2. The van der Waals surface area contributed by atoms with Gasteiger partial charge < -0.3 is 20.9 Å². The number of nitrogens with two attached hydrogens (primary N) is 2. The van der Waals surface area contributed by atoms with Crippen LogP contribution in [0, 0.1) is 0 Å². The van der Waals surface area contributed by atoms with E-state index in [0.29, 0.717) is 11.4 Å². The maximum Gasteiger partial charge on any atom is 0.344 e. The van der Waals surface area contributed by atoms with E-state index in [1.165, 1.54) is 0 Å². The first kappa shape index (κ1) is 12.8. The first-order valence-corrected chi connectivity index (χ1v) is 5.00. The number of hydrogen-bond acceptors (Lipinski definition) is 5. The Labute approximate surface area is 98.5 Å². The summed E-state index contributed by atoms with van der Waals surface area (Å²) in [5.74, 6) is -0.550. The number of amides is 1. The van der Waals surface area contributed by atoms with Crippen LogP contribution in [0.3, 0.4) is 0 Å². The van der Waals surface area contributed by atoms with Gasteiger partial charge in [-0.05, 0) is 24.3 Å². The Morgan fingerprint density at radius 1 is 1.18 bits per heavy atom. The van der Waals surface area contributed by atoms with Crippen molar-refractivity contribution >= 4 is 17.6 Å². The monoisotopic (exact) mass is 238 g/mol. The van der Waals surface area contributed by atoms with Gasteiger partial charge in [0, 0.05) is 5.69 Å². The number of ether oxygens (including phenoxy) is 2. The minimum atomic E-state index is -0.553. The van der Waals surface area contributed by atoms with Crippen LogP contribution in [-0.4, -0.2) is 25.1 Å². The normalized spacial score (nSPS) is 9.65. The SMILES string of the molecule is NC(=O)CCOC(=O)COc1ccc(N)cc1. The number of nitrogen functional groups attached to an aromatic ring is 1. The molecule has 0 atom stereocenters. The fourth-order valence-electron chi connectivity index (χ4n) is 1.01. The highest BCUT2D eigenvalue weighted by Gasteiger charge is 2.05. The van der Waals surface area contributed by atoms with Crippen LogP contribution in [0.4, 0.5) is 5.69 Å². The summed E-state index contributed by atoms with van der Waals surface area (Å²) in [4.78, 5) is 21.5. The Kier molecular flexibility index (Phi) is 4.80. The molecule has 0 saturated heterocycles. The number of hydrogen-bond donors (Lipinski definition) is 2. The molecule has 0 unspecified atom stereocenters. The lowest BCUT2D eigenvalue weighted by Gasteiger charge is -2.06. The van der Waals surface area contributed by atoms with Gasteiger partial charge in [-0.15, -0.1) is 0 Å². The molecule has 0 aliphatic carbocycles. The first-order valence-electron chi connectivity index (χ1n) is 5.00. The van der Waals surface area contributed by atoms with E-state index < -0.39 is 11.9 Å². The number of esters is 1. The first-order chi connectivity index (χ1) is 8.08. The lowest BCUT2D eigenvalue weighted by Crippen LogP contribution is -2.19. The molecule has 17 heavy (non-hydrogen) atoms. The van der Waals surface area contributed by atoms with Crippen LogP contribution in [0.2, 0.25) is 0 Å². The second-order valence-corrected chi connectivity index (χ2v) is 3.29. The quantitative estimate of drug-likeness (QED) is 0.539. The van der Waals surface area contributed by atoms with Crippen LogP contribution in [0.25, 0.3) is 0 Å². The average molecular weight is 238 g/mol. The van der Waals surface area contributed by atoms with Gasteiger partial charge in [0.1, 0.15) is 12.4 Å². The number of rotatable bonds is 6. The summed E-state index contributed by atoms with van der Waals surface area (Å²) < 4.78 is 9.84. The smallest absolute Gasteiger partial charge is 0.344 e. The standard InChI is InChI=1S/C11H14N2O4/c12-8-1-3-9(4-2-8)17-7-11(15)16-6-5-10(13)14/h1-4H,5-7,12H2,(H2,13,14). The molecule has 0 bridgehead atoms. The van der Waals surface area contributed by atoms with E-state index >= 15 is 0 Å². The molecule has 0 heterocycles. The van der Waals surface area contributed by atoms with Crippen LogP contribution in [0.1, 0.15) is 6.42 Å². The molecule has 0 aromatic heterocycles. The summed E-state index contributed by atoms with van der Waals surface area (Å²) in [6.45, 7) is -0.248. The molecule has 6 nitrogen and oxygen atoms in total. The van der Waals surface area contributed by atoms with Crippen molar-refractivity contribution < 1.29 is 19.1 Å². The van der Waals surface area contributed by atoms with E-state index in [4.69, 9.17) is 20.9 Å². The zero-order valence-electron chi connectivity index (χ0n) is 9.22. The second kappa shape index (κ2) is 6.37. The molecule has 0 saturated carbocycles. The van der Waals surface area contributed by atoms with E-state index in [0.717, 1.165) is 0 Å². The Morgan fingerprint density at radius 3 is 2.41 bits per heavy atom. The lowest BCUT2D eigenvalue weighted by molar-refractivity contribution is -0.146. The molecule has 0 fully saturated rings. The highest BCUT2D eigenvalue weighted by molar-refractivity contribution is 5.75. The third kappa shape index (κ3) is 5.41. The molecule has 0 aliphatic rings. The fraction of sp³-hybridized carbons (Fsp3) is 0.273. The van der Waals surface area contributed by atoms with Gasteiger partial charge in [0.2, 0.25) is 5.91 Å². The predicted molar refractivity (Wildman–Crippen MR) is 61.1 cm³/mol. The van der Waals surface area contributed by atoms with Gasteiger partial charge >= 0.3 is 5.97 Å². The molecule has 1 aromatic carbocycles. The summed E-state index contributed by atoms with van der Waals surface area (Å²) in [6.07, 6.45) is 0.00755. The van der Waals surface area contributed by atoms with E-state index in [9.17, 15) is 9.59 Å². The fourth-order valence-corrected chi connectivity index (χ4v) is 1.01. The number of anilines is 1. The zero-order valence-corrected chi connectivity index (χ0v) is 9.22. The van der Waals surface area contributed by atoms with Crippen LogP contribution >= 0.6 is 0 Å². The Hall–Kier alpha value is -2.24. The van der Waals surface area contributed by atoms with Crippen molar-refractivity contribution in [1.29, 1.82) is 0 Å². The van der Waals surface area contributed by atoms with E-state index in [-0.39, 0.29) is 19.6 Å². The summed E-state index contributed by atoms with van der Waals surface area (Å²) in [5.41, 5.74) is 11.0. The van der Waals surface area contributed by atoms with Crippen molar-refractivity contribution in [1.82, 2.24) is 0 Å². The molecule has 0 radical (unpaired) electrons. The van der Waals surface area contributed by atoms with Crippen molar-refractivity contribution in [3.8, 4) is 5.75 Å². The van der Waals surface area contributed by atoms with Gasteiger partial charge in [-0.2, -0.15) is 0 Å². The highest BCUT2D eigenvalue weighted by Crippen LogP contribution is 2.12. The van der Waals surface area contributed by atoms with Crippen LogP contribution in [-0.2, 0) is 14.3 Å². The Morgan fingerprint density at radius 2 is 1.82 bits per heavy atom. The lowest BCUT2D eigenvalue weighted by atomic mass is 10.3. The largest absolute Gasteiger partial charge is 0.482 e. The predicted octanol–water partition coefficient (Wildman–Crippen LogP) is 0.0662. The van der Waals surface area contributed by atoms with Gasteiger partial charge in [0.25, 0.3) is 0 Å². The number of carbonyl (C=O) groups is 2. The molecule has 1 amide bonds.